The number of ether oxygens (including phenoxy) is 3. The Morgan fingerprint density at radius 1 is 1.12 bits per heavy atom. The molecule has 11 nitrogen and oxygen atoms in total. The second-order valence-electron chi connectivity index (χ2n) is 6.66. The van der Waals surface area contributed by atoms with Crippen LogP contribution in [0.4, 0.5) is 15.9 Å². The molecule has 0 fully saturated rings. The molecule has 1 amide bonds. The zero-order valence-corrected chi connectivity index (χ0v) is 17.8. The van der Waals surface area contributed by atoms with Crippen LogP contribution in [0.3, 0.4) is 0 Å². The predicted molar refractivity (Wildman–Crippen MR) is 113 cm³/mol. The SMILES string of the molecule is COc1cc(C(=O)OCC(=O)Nc2cc(C)nn2-c2ccc(F)cc2)c([N+](=O)[O-])cc1OC. The van der Waals surface area contributed by atoms with Crippen molar-refractivity contribution in [3.8, 4) is 17.2 Å². The molecule has 0 spiro atoms. The highest BCUT2D eigenvalue weighted by Gasteiger charge is 2.26. The van der Waals surface area contributed by atoms with E-state index in [-0.39, 0.29) is 17.3 Å². The Morgan fingerprint density at radius 3 is 2.36 bits per heavy atom. The summed E-state index contributed by atoms with van der Waals surface area (Å²) < 4.78 is 29.6. The lowest BCUT2D eigenvalue weighted by molar-refractivity contribution is -0.385. The second-order valence-corrected chi connectivity index (χ2v) is 6.66. The van der Waals surface area contributed by atoms with Gasteiger partial charge in [0.15, 0.2) is 18.1 Å². The fourth-order valence-electron chi connectivity index (χ4n) is 2.94. The smallest absolute Gasteiger partial charge is 0.345 e. The van der Waals surface area contributed by atoms with E-state index in [4.69, 9.17) is 14.2 Å². The van der Waals surface area contributed by atoms with Gasteiger partial charge in [-0.15, -0.1) is 0 Å². The van der Waals surface area contributed by atoms with E-state index >= 15 is 0 Å². The maximum atomic E-state index is 13.2. The Balaban J connectivity index is 1.74. The lowest BCUT2D eigenvalue weighted by Crippen LogP contribution is -2.22. The first-order valence-corrected chi connectivity index (χ1v) is 9.43. The maximum absolute atomic E-state index is 13.2. The molecule has 0 aliphatic rings. The van der Waals surface area contributed by atoms with Crippen molar-refractivity contribution >= 4 is 23.4 Å². The molecular formula is C21H19FN4O7. The largest absolute Gasteiger partial charge is 0.493 e. The van der Waals surface area contributed by atoms with Crippen LogP contribution in [0.1, 0.15) is 16.1 Å². The van der Waals surface area contributed by atoms with Gasteiger partial charge in [0.2, 0.25) is 0 Å². The minimum absolute atomic E-state index is 0.0583. The first kappa shape index (κ1) is 23.2. The number of benzene rings is 2. The standard InChI is InChI=1S/C21H19FN4O7/c1-12-8-19(25(24-12)14-6-4-13(22)5-7-14)23-20(27)11-33-21(28)15-9-17(31-2)18(32-3)10-16(15)26(29)30/h4-10H,11H2,1-3H3,(H,23,27). The summed E-state index contributed by atoms with van der Waals surface area (Å²) in [6, 6.07) is 9.15. The van der Waals surface area contributed by atoms with Crippen molar-refractivity contribution in [2.45, 2.75) is 6.92 Å². The number of nitro groups is 1. The van der Waals surface area contributed by atoms with E-state index in [1.807, 2.05) is 0 Å². The first-order chi connectivity index (χ1) is 15.7. The number of anilines is 1. The molecule has 3 aromatic rings. The van der Waals surface area contributed by atoms with Gasteiger partial charge in [-0.1, -0.05) is 0 Å². The van der Waals surface area contributed by atoms with Crippen LogP contribution in [0, 0.1) is 22.9 Å². The highest BCUT2D eigenvalue weighted by Crippen LogP contribution is 2.34. The van der Waals surface area contributed by atoms with E-state index in [2.05, 4.69) is 10.4 Å². The summed E-state index contributed by atoms with van der Waals surface area (Å²) in [6.45, 7) is 0.976. The third kappa shape index (κ3) is 5.23. The van der Waals surface area contributed by atoms with Crippen LogP contribution in [0.15, 0.2) is 42.5 Å². The molecule has 0 saturated heterocycles. The highest BCUT2D eigenvalue weighted by molar-refractivity contribution is 5.98. The quantitative estimate of drug-likeness (QED) is 0.309. The van der Waals surface area contributed by atoms with Crippen molar-refractivity contribution in [1.82, 2.24) is 9.78 Å². The summed E-state index contributed by atoms with van der Waals surface area (Å²) in [5.74, 6) is -1.83. The van der Waals surface area contributed by atoms with E-state index in [1.165, 1.54) is 43.2 Å². The van der Waals surface area contributed by atoms with Crippen LogP contribution in [-0.2, 0) is 9.53 Å². The fraction of sp³-hybridized carbons (Fsp3) is 0.190. The molecule has 33 heavy (non-hydrogen) atoms. The number of methoxy groups -OCH3 is 2. The molecule has 172 valence electrons. The van der Waals surface area contributed by atoms with Gasteiger partial charge in [0.05, 0.1) is 36.6 Å². The Bertz CT molecular complexity index is 1210. The average molecular weight is 458 g/mol. The van der Waals surface area contributed by atoms with Crippen LogP contribution in [0.5, 0.6) is 11.5 Å². The number of hydrogen-bond donors (Lipinski definition) is 1. The first-order valence-electron chi connectivity index (χ1n) is 9.43. The van der Waals surface area contributed by atoms with E-state index in [0.717, 1.165) is 12.1 Å². The van der Waals surface area contributed by atoms with Gasteiger partial charge in [-0.25, -0.2) is 13.9 Å². The van der Waals surface area contributed by atoms with Crippen LogP contribution < -0.4 is 14.8 Å². The number of halogens is 1. The van der Waals surface area contributed by atoms with Crippen molar-refractivity contribution in [3.63, 3.8) is 0 Å². The summed E-state index contributed by atoms with van der Waals surface area (Å²) in [5, 5.41) is 18.1. The van der Waals surface area contributed by atoms with Gasteiger partial charge in [-0.05, 0) is 31.2 Å². The second kappa shape index (κ2) is 9.77. The number of rotatable bonds is 8. The topological polar surface area (TPSA) is 135 Å². The summed E-state index contributed by atoms with van der Waals surface area (Å²) in [4.78, 5) is 35.4. The number of nitrogens with zero attached hydrogens (tertiary/aromatic N) is 3. The van der Waals surface area contributed by atoms with Crippen molar-refractivity contribution in [1.29, 1.82) is 0 Å². The van der Waals surface area contributed by atoms with Crippen LogP contribution in [-0.4, -0.2) is 47.4 Å². The molecule has 0 aliphatic heterocycles. The van der Waals surface area contributed by atoms with Gasteiger partial charge in [-0.2, -0.15) is 5.10 Å². The minimum atomic E-state index is -1.10. The van der Waals surface area contributed by atoms with E-state index in [1.54, 1.807) is 13.0 Å². The van der Waals surface area contributed by atoms with Crippen molar-refractivity contribution in [2.24, 2.45) is 0 Å². The third-order valence-corrected chi connectivity index (χ3v) is 4.42. The summed E-state index contributed by atoms with van der Waals surface area (Å²) in [7, 11) is 2.60. The van der Waals surface area contributed by atoms with Crippen molar-refractivity contribution in [2.75, 3.05) is 26.1 Å². The van der Waals surface area contributed by atoms with E-state index < -0.39 is 40.5 Å². The molecule has 1 heterocycles. The molecule has 1 N–H and O–H groups in total. The molecule has 12 heteroatoms. The van der Waals surface area contributed by atoms with Gasteiger partial charge in [0.1, 0.15) is 17.2 Å². The number of amides is 1. The van der Waals surface area contributed by atoms with E-state index in [9.17, 15) is 24.1 Å². The molecule has 0 bridgehead atoms. The predicted octanol–water partition coefficient (Wildman–Crippen LogP) is 3.04. The van der Waals surface area contributed by atoms with Gasteiger partial charge in [0, 0.05) is 12.1 Å². The number of hydrogen-bond acceptors (Lipinski definition) is 8. The Labute approximate surface area is 186 Å². The average Bonchev–Trinajstić information content (AvgIpc) is 3.16. The van der Waals surface area contributed by atoms with Crippen LogP contribution >= 0.6 is 0 Å². The summed E-state index contributed by atoms with van der Waals surface area (Å²) in [6.07, 6.45) is 0. The zero-order chi connectivity index (χ0) is 24.1. The maximum Gasteiger partial charge on any atom is 0.345 e. The monoisotopic (exact) mass is 458 g/mol. The number of nitro benzene ring substituents is 1. The number of carbonyl (C=O) groups is 2. The van der Waals surface area contributed by atoms with Crippen molar-refractivity contribution < 1.29 is 33.1 Å². The highest BCUT2D eigenvalue weighted by atomic mass is 19.1. The van der Waals surface area contributed by atoms with Gasteiger partial charge >= 0.3 is 5.97 Å². The molecule has 0 radical (unpaired) electrons. The Morgan fingerprint density at radius 2 is 1.76 bits per heavy atom. The van der Waals surface area contributed by atoms with Gasteiger partial charge < -0.3 is 19.5 Å². The molecule has 0 saturated carbocycles. The van der Waals surface area contributed by atoms with Gasteiger partial charge in [0.25, 0.3) is 11.6 Å². The van der Waals surface area contributed by atoms with Crippen molar-refractivity contribution in [3.05, 3.63) is 69.7 Å². The number of aryl methyl sites for hydroxylation is 1. The molecule has 0 aliphatic carbocycles. The lowest BCUT2D eigenvalue weighted by Gasteiger charge is -2.11. The summed E-state index contributed by atoms with van der Waals surface area (Å²) in [5.41, 5.74) is 0.103. The summed E-state index contributed by atoms with van der Waals surface area (Å²) >= 11 is 0. The lowest BCUT2D eigenvalue weighted by atomic mass is 10.1. The van der Waals surface area contributed by atoms with Gasteiger partial charge in [-0.3, -0.25) is 14.9 Å². The number of nitrogens with one attached hydrogen (secondary N) is 1. The molecule has 0 atom stereocenters. The van der Waals surface area contributed by atoms with Crippen LogP contribution in [0.2, 0.25) is 0 Å². The molecular weight excluding hydrogens is 439 g/mol. The Hall–Kier alpha value is -4.48. The third-order valence-electron chi connectivity index (χ3n) is 4.42. The van der Waals surface area contributed by atoms with E-state index in [0.29, 0.717) is 11.4 Å². The number of carbonyl (C=O) groups excluding carboxylic acids is 2. The molecule has 0 unspecified atom stereocenters. The zero-order valence-electron chi connectivity index (χ0n) is 17.8. The number of esters is 1. The van der Waals surface area contributed by atoms with Crippen LogP contribution in [0.25, 0.3) is 5.69 Å². The molecule has 1 aromatic heterocycles. The Kier molecular flexibility index (Phi) is 6.86. The minimum Gasteiger partial charge on any atom is -0.493 e. The molecule has 3 rings (SSSR count). The number of aromatic nitrogens is 2. The normalized spacial score (nSPS) is 10.4. The molecule has 2 aromatic carbocycles. The fourth-order valence-corrected chi connectivity index (χ4v) is 2.94.